The Morgan fingerprint density at radius 3 is 2.68 bits per heavy atom. The molecule has 1 amide bonds. The lowest BCUT2D eigenvalue weighted by atomic mass is 10.1. The number of amides is 1. The molecule has 0 aromatic heterocycles. The summed E-state index contributed by atoms with van der Waals surface area (Å²) in [5.74, 6) is 0.987. The Labute approximate surface area is 114 Å². The predicted octanol–water partition coefficient (Wildman–Crippen LogP) is 1.45. The van der Waals surface area contributed by atoms with Crippen LogP contribution in [0.15, 0.2) is 24.3 Å². The maximum Gasteiger partial charge on any atom is 0.227 e. The Morgan fingerprint density at radius 2 is 2.05 bits per heavy atom. The molecule has 1 aliphatic heterocycles. The summed E-state index contributed by atoms with van der Waals surface area (Å²) in [7, 11) is 1.64. The van der Waals surface area contributed by atoms with Gasteiger partial charge in [0.05, 0.1) is 13.5 Å². The van der Waals surface area contributed by atoms with Gasteiger partial charge >= 0.3 is 0 Å². The lowest BCUT2D eigenvalue weighted by Gasteiger charge is -2.36. The first-order chi connectivity index (χ1) is 9.08. The van der Waals surface area contributed by atoms with Crippen molar-refractivity contribution in [2.24, 2.45) is 0 Å². The molecular formula is C15H22N2O2. The molecule has 2 rings (SSSR count). The first kappa shape index (κ1) is 13.9. The van der Waals surface area contributed by atoms with Crippen LogP contribution in [0.4, 0.5) is 0 Å². The number of piperazine rings is 1. The molecule has 0 saturated carbocycles. The van der Waals surface area contributed by atoms with Gasteiger partial charge in [0.1, 0.15) is 5.75 Å². The first-order valence-electron chi connectivity index (χ1n) is 6.75. The van der Waals surface area contributed by atoms with Gasteiger partial charge in [-0.15, -0.1) is 0 Å². The molecule has 1 heterocycles. The first-order valence-corrected chi connectivity index (χ1v) is 6.75. The number of ether oxygens (including phenoxy) is 1. The van der Waals surface area contributed by atoms with E-state index in [4.69, 9.17) is 4.74 Å². The molecular weight excluding hydrogens is 240 g/mol. The topological polar surface area (TPSA) is 41.6 Å². The average Bonchev–Trinajstić information content (AvgIpc) is 2.37. The third-order valence-electron chi connectivity index (χ3n) is 3.40. The van der Waals surface area contributed by atoms with Crippen molar-refractivity contribution in [3.8, 4) is 5.75 Å². The molecule has 0 bridgehead atoms. The van der Waals surface area contributed by atoms with Gasteiger partial charge in [-0.25, -0.2) is 0 Å². The summed E-state index contributed by atoms with van der Waals surface area (Å²) in [5, 5.41) is 3.43. The van der Waals surface area contributed by atoms with Crippen molar-refractivity contribution in [3.05, 3.63) is 29.8 Å². The number of benzene rings is 1. The van der Waals surface area contributed by atoms with Crippen molar-refractivity contribution in [1.82, 2.24) is 10.2 Å². The Balaban J connectivity index is 2.00. The highest BCUT2D eigenvalue weighted by Crippen LogP contribution is 2.14. The third kappa shape index (κ3) is 3.70. The van der Waals surface area contributed by atoms with E-state index >= 15 is 0 Å². The molecule has 1 N–H and O–H groups in total. The zero-order valence-electron chi connectivity index (χ0n) is 11.8. The Hall–Kier alpha value is -1.55. The van der Waals surface area contributed by atoms with E-state index in [0.717, 1.165) is 24.4 Å². The minimum absolute atomic E-state index is 0.188. The molecule has 4 nitrogen and oxygen atoms in total. The van der Waals surface area contributed by atoms with Crippen molar-refractivity contribution in [3.63, 3.8) is 0 Å². The summed E-state index contributed by atoms with van der Waals surface area (Å²) in [4.78, 5) is 14.3. The molecule has 1 fully saturated rings. The van der Waals surface area contributed by atoms with E-state index < -0.39 is 0 Å². The summed E-state index contributed by atoms with van der Waals surface area (Å²) < 4.78 is 5.18. The summed E-state index contributed by atoms with van der Waals surface area (Å²) in [6.45, 7) is 5.79. The van der Waals surface area contributed by atoms with Gasteiger partial charge < -0.3 is 15.0 Å². The number of methoxy groups -OCH3 is 1. The van der Waals surface area contributed by atoms with E-state index in [1.807, 2.05) is 29.2 Å². The van der Waals surface area contributed by atoms with E-state index in [1.54, 1.807) is 7.11 Å². The van der Waals surface area contributed by atoms with Crippen molar-refractivity contribution in [2.75, 3.05) is 20.2 Å². The van der Waals surface area contributed by atoms with Gasteiger partial charge in [-0.05, 0) is 31.5 Å². The van der Waals surface area contributed by atoms with Crippen LogP contribution < -0.4 is 10.1 Å². The van der Waals surface area contributed by atoms with E-state index in [9.17, 15) is 4.79 Å². The quantitative estimate of drug-likeness (QED) is 0.896. The second-order valence-electron chi connectivity index (χ2n) is 5.30. The molecule has 19 heavy (non-hydrogen) atoms. The molecule has 0 spiro atoms. The fraction of sp³-hybridized carbons (Fsp3) is 0.533. The maximum absolute atomic E-state index is 12.3. The molecule has 2 unspecified atom stereocenters. The normalized spacial score (nSPS) is 23.2. The van der Waals surface area contributed by atoms with Crippen molar-refractivity contribution < 1.29 is 9.53 Å². The lowest BCUT2D eigenvalue weighted by Crippen LogP contribution is -2.56. The third-order valence-corrected chi connectivity index (χ3v) is 3.40. The number of rotatable bonds is 3. The Kier molecular flexibility index (Phi) is 4.43. The molecule has 0 aliphatic carbocycles. The minimum atomic E-state index is 0.188. The number of carbonyl (C=O) groups excluding carboxylic acids is 1. The molecule has 2 atom stereocenters. The smallest absolute Gasteiger partial charge is 0.227 e. The number of carbonyl (C=O) groups is 1. The number of nitrogens with one attached hydrogen (secondary N) is 1. The fourth-order valence-corrected chi connectivity index (χ4v) is 2.60. The second kappa shape index (κ2) is 6.06. The number of hydrogen-bond acceptors (Lipinski definition) is 3. The van der Waals surface area contributed by atoms with Gasteiger partial charge in [0.15, 0.2) is 0 Å². The van der Waals surface area contributed by atoms with Crippen molar-refractivity contribution >= 4 is 5.91 Å². The van der Waals surface area contributed by atoms with Gasteiger partial charge in [-0.1, -0.05) is 12.1 Å². The number of nitrogens with zero attached hydrogens (tertiary/aromatic N) is 1. The SMILES string of the molecule is COc1cccc(CC(=O)N2CC(C)NC(C)C2)c1. The highest BCUT2D eigenvalue weighted by Gasteiger charge is 2.24. The van der Waals surface area contributed by atoms with E-state index in [1.165, 1.54) is 0 Å². The Morgan fingerprint density at radius 1 is 1.37 bits per heavy atom. The van der Waals surface area contributed by atoms with Crippen LogP contribution in [-0.4, -0.2) is 43.1 Å². The Bertz CT molecular complexity index is 438. The summed E-state index contributed by atoms with van der Waals surface area (Å²) in [6, 6.07) is 8.42. The molecule has 0 radical (unpaired) electrons. The van der Waals surface area contributed by atoms with Gasteiger partial charge in [0.2, 0.25) is 5.91 Å². The summed E-state index contributed by atoms with van der Waals surface area (Å²) in [5.41, 5.74) is 1.00. The molecule has 4 heteroatoms. The monoisotopic (exact) mass is 262 g/mol. The maximum atomic E-state index is 12.3. The summed E-state index contributed by atoms with van der Waals surface area (Å²) >= 11 is 0. The second-order valence-corrected chi connectivity index (χ2v) is 5.30. The van der Waals surface area contributed by atoms with Crippen molar-refractivity contribution in [1.29, 1.82) is 0 Å². The van der Waals surface area contributed by atoms with Crippen molar-refractivity contribution in [2.45, 2.75) is 32.4 Å². The van der Waals surface area contributed by atoms with Crippen LogP contribution in [-0.2, 0) is 11.2 Å². The van der Waals surface area contributed by atoms with Gasteiger partial charge in [-0.3, -0.25) is 4.79 Å². The standard InChI is InChI=1S/C15H22N2O2/c1-11-9-17(10-12(2)16-11)15(18)8-13-5-4-6-14(7-13)19-3/h4-7,11-12,16H,8-10H2,1-3H3. The van der Waals surface area contributed by atoms with E-state index in [0.29, 0.717) is 18.5 Å². The molecule has 1 saturated heterocycles. The van der Waals surface area contributed by atoms with Gasteiger partial charge in [0, 0.05) is 25.2 Å². The largest absolute Gasteiger partial charge is 0.497 e. The van der Waals surface area contributed by atoms with E-state index in [-0.39, 0.29) is 5.91 Å². The molecule has 1 aromatic rings. The van der Waals surface area contributed by atoms with Crippen LogP contribution in [0.3, 0.4) is 0 Å². The fourth-order valence-electron chi connectivity index (χ4n) is 2.60. The van der Waals surface area contributed by atoms with Crippen LogP contribution in [0.5, 0.6) is 5.75 Å². The zero-order chi connectivity index (χ0) is 13.8. The van der Waals surface area contributed by atoms with Crippen LogP contribution >= 0.6 is 0 Å². The predicted molar refractivity (Wildman–Crippen MR) is 75.3 cm³/mol. The molecule has 1 aromatic carbocycles. The highest BCUT2D eigenvalue weighted by molar-refractivity contribution is 5.79. The van der Waals surface area contributed by atoms with Crippen LogP contribution in [0, 0.1) is 0 Å². The average molecular weight is 262 g/mol. The summed E-state index contributed by atoms with van der Waals surface area (Å²) in [6.07, 6.45) is 0.441. The molecule has 104 valence electrons. The van der Waals surface area contributed by atoms with E-state index in [2.05, 4.69) is 19.2 Å². The van der Waals surface area contributed by atoms with Crippen LogP contribution in [0.25, 0.3) is 0 Å². The molecule has 1 aliphatic rings. The van der Waals surface area contributed by atoms with Crippen LogP contribution in [0.2, 0.25) is 0 Å². The zero-order valence-corrected chi connectivity index (χ0v) is 11.8. The van der Waals surface area contributed by atoms with Gasteiger partial charge in [0.25, 0.3) is 0 Å². The van der Waals surface area contributed by atoms with Gasteiger partial charge in [-0.2, -0.15) is 0 Å². The van der Waals surface area contributed by atoms with Crippen LogP contribution in [0.1, 0.15) is 19.4 Å². The number of hydrogen-bond donors (Lipinski definition) is 1. The lowest BCUT2D eigenvalue weighted by molar-refractivity contribution is -0.132. The highest BCUT2D eigenvalue weighted by atomic mass is 16.5. The minimum Gasteiger partial charge on any atom is -0.497 e.